The van der Waals surface area contributed by atoms with Crippen molar-refractivity contribution in [3.05, 3.63) is 58.9 Å². The van der Waals surface area contributed by atoms with E-state index in [1.54, 1.807) is 7.11 Å². The zero-order valence-corrected chi connectivity index (χ0v) is 17.5. The topological polar surface area (TPSA) is 75.7 Å². The number of benzene rings is 2. The maximum atomic E-state index is 13.3. The summed E-state index contributed by atoms with van der Waals surface area (Å²) in [6, 6.07) is 10.8. The fraction of sp³-hybridized carbons (Fsp3) is 0.350. The fourth-order valence-corrected chi connectivity index (χ4v) is 5.06. The maximum Gasteiger partial charge on any atom is 0.243 e. The highest BCUT2D eigenvalue weighted by atomic mass is 35.5. The number of hydrogen-bond donors (Lipinski definition) is 1. The molecule has 3 rings (SSSR count). The number of nitrogens with zero attached hydrogens (tertiary/aromatic N) is 1. The van der Waals surface area contributed by atoms with Crippen LogP contribution in [0.4, 0.5) is 4.39 Å². The normalized spacial score (nSPS) is 15.8. The van der Waals surface area contributed by atoms with Gasteiger partial charge in [-0.05, 0) is 37.1 Å². The molecule has 9 heteroatoms. The number of carbonyl (C=O) groups is 1. The summed E-state index contributed by atoms with van der Waals surface area (Å²) in [7, 11) is -2.21. The van der Waals surface area contributed by atoms with Crippen LogP contribution in [0.15, 0.2) is 47.4 Å². The molecule has 156 valence electrons. The summed E-state index contributed by atoms with van der Waals surface area (Å²) in [5, 5.41) is 2.66. The van der Waals surface area contributed by atoms with Crippen LogP contribution in [-0.4, -0.2) is 38.8 Å². The first-order valence-corrected chi connectivity index (χ1v) is 11.0. The van der Waals surface area contributed by atoms with Gasteiger partial charge >= 0.3 is 0 Å². The lowest BCUT2D eigenvalue weighted by atomic mass is 9.97. The molecule has 0 bridgehead atoms. The number of rotatable bonds is 6. The number of sulfonamides is 1. The van der Waals surface area contributed by atoms with E-state index in [9.17, 15) is 17.6 Å². The summed E-state index contributed by atoms with van der Waals surface area (Å²) in [5.41, 5.74) is 0.872. The van der Waals surface area contributed by atoms with E-state index < -0.39 is 15.8 Å². The predicted molar refractivity (Wildman–Crippen MR) is 108 cm³/mol. The smallest absolute Gasteiger partial charge is 0.243 e. The zero-order chi connectivity index (χ0) is 21.0. The van der Waals surface area contributed by atoms with Crippen LogP contribution in [0, 0.1) is 11.7 Å². The zero-order valence-electron chi connectivity index (χ0n) is 15.9. The highest BCUT2D eigenvalue weighted by Crippen LogP contribution is 2.27. The van der Waals surface area contributed by atoms with Gasteiger partial charge < -0.3 is 10.1 Å². The van der Waals surface area contributed by atoms with Crippen molar-refractivity contribution in [2.75, 3.05) is 20.2 Å². The van der Waals surface area contributed by atoms with E-state index in [0.717, 1.165) is 17.7 Å². The van der Waals surface area contributed by atoms with Crippen LogP contribution in [0.5, 0.6) is 5.75 Å². The van der Waals surface area contributed by atoms with Crippen LogP contribution in [-0.2, 0) is 21.4 Å². The highest BCUT2D eigenvalue weighted by molar-refractivity contribution is 7.89. The van der Waals surface area contributed by atoms with Crippen LogP contribution in [0.1, 0.15) is 18.4 Å². The van der Waals surface area contributed by atoms with Crippen molar-refractivity contribution in [2.24, 2.45) is 5.92 Å². The SMILES string of the molecule is COc1ccccc1CNC(=O)C1CCN(S(=O)(=O)c2ccc(F)c(Cl)c2)CC1. The van der Waals surface area contributed by atoms with Gasteiger partial charge in [0.15, 0.2) is 0 Å². The van der Waals surface area contributed by atoms with Crippen molar-refractivity contribution >= 4 is 27.5 Å². The first kappa shape index (κ1) is 21.5. The van der Waals surface area contributed by atoms with Gasteiger partial charge in [-0.15, -0.1) is 0 Å². The molecule has 0 aromatic heterocycles. The third-order valence-electron chi connectivity index (χ3n) is 5.00. The molecule has 0 saturated carbocycles. The van der Waals surface area contributed by atoms with E-state index in [1.165, 1.54) is 10.4 Å². The van der Waals surface area contributed by atoms with Gasteiger partial charge in [0, 0.05) is 31.1 Å². The molecule has 1 saturated heterocycles. The molecule has 29 heavy (non-hydrogen) atoms. The Bertz CT molecular complexity index is 992. The number of nitrogens with one attached hydrogen (secondary N) is 1. The third kappa shape index (κ3) is 4.88. The average molecular weight is 441 g/mol. The number of para-hydroxylation sites is 1. The van der Waals surface area contributed by atoms with Crippen molar-refractivity contribution in [1.29, 1.82) is 0 Å². The standard InChI is InChI=1S/C20H22ClFN2O4S/c1-28-19-5-3-2-4-15(19)13-23-20(25)14-8-10-24(11-9-14)29(26,27)16-6-7-18(22)17(21)12-16/h2-7,12,14H,8-11,13H2,1H3,(H,23,25). The van der Waals surface area contributed by atoms with Crippen LogP contribution in [0.2, 0.25) is 5.02 Å². The van der Waals surface area contributed by atoms with Crippen molar-refractivity contribution in [2.45, 2.75) is 24.3 Å². The van der Waals surface area contributed by atoms with Gasteiger partial charge in [-0.2, -0.15) is 4.31 Å². The summed E-state index contributed by atoms with van der Waals surface area (Å²) >= 11 is 5.71. The van der Waals surface area contributed by atoms with Gasteiger partial charge in [0.1, 0.15) is 11.6 Å². The molecule has 0 atom stereocenters. The Morgan fingerprint density at radius 2 is 1.93 bits per heavy atom. The molecule has 1 fully saturated rings. The fourth-order valence-electron chi connectivity index (χ4n) is 3.32. The largest absolute Gasteiger partial charge is 0.496 e. The van der Waals surface area contributed by atoms with E-state index in [2.05, 4.69) is 5.32 Å². The molecule has 1 N–H and O–H groups in total. The number of ether oxygens (including phenoxy) is 1. The molecular weight excluding hydrogens is 419 g/mol. The Balaban J connectivity index is 1.58. The highest BCUT2D eigenvalue weighted by Gasteiger charge is 2.32. The molecule has 1 heterocycles. The minimum absolute atomic E-state index is 0.0528. The van der Waals surface area contributed by atoms with Crippen molar-refractivity contribution in [3.63, 3.8) is 0 Å². The lowest BCUT2D eigenvalue weighted by Crippen LogP contribution is -2.42. The van der Waals surface area contributed by atoms with Crippen LogP contribution in [0.3, 0.4) is 0 Å². The molecule has 1 aliphatic heterocycles. The summed E-state index contributed by atoms with van der Waals surface area (Å²) < 4.78 is 45.4. The van der Waals surface area contributed by atoms with Gasteiger partial charge in [-0.3, -0.25) is 4.79 Å². The molecule has 1 aliphatic rings. The second-order valence-corrected chi connectivity index (χ2v) is 9.13. The lowest BCUT2D eigenvalue weighted by molar-refractivity contribution is -0.126. The Morgan fingerprint density at radius 3 is 2.59 bits per heavy atom. The van der Waals surface area contributed by atoms with E-state index in [4.69, 9.17) is 16.3 Å². The first-order valence-electron chi connectivity index (χ1n) is 9.17. The predicted octanol–water partition coefficient (Wildman–Crippen LogP) is 3.20. The molecule has 2 aromatic rings. The second kappa shape index (κ2) is 9.11. The quantitative estimate of drug-likeness (QED) is 0.748. The van der Waals surface area contributed by atoms with E-state index in [0.29, 0.717) is 25.1 Å². The van der Waals surface area contributed by atoms with E-state index in [-0.39, 0.29) is 34.8 Å². The molecule has 0 radical (unpaired) electrons. The van der Waals surface area contributed by atoms with Crippen molar-refractivity contribution in [1.82, 2.24) is 9.62 Å². The minimum Gasteiger partial charge on any atom is -0.496 e. The number of carbonyl (C=O) groups excluding carboxylic acids is 1. The van der Waals surface area contributed by atoms with E-state index in [1.807, 2.05) is 24.3 Å². The molecule has 6 nitrogen and oxygen atoms in total. The Labute approximate surface area is 174 Å². The molecule has 0 spiro atoms. The first-order chi connectivity index (χ1) is 13.8. The summed E-state index contributed by atoms with van der Waals surface area (Å²) in [5.74, 6) is -0.353. The van der Waals surface area contributed by atoms with Gasteiger partial charge in [-0.1, -0.05) is 29.8 Å². The Kier molecular flexibility index (Phi) is 6.77. The number of amides is 1. The van der Waals surface area contributed by atoms with Crippen LogP contribution in [0.25, 0.3) is 0 Å². The molecule has 0 aliphatic carbocycles. The van der Waals surface area contributed by atoms with Crippen LogP contribution < -0.4 is 10.1 Å². The second-order valence-electron chi connectivity index (χ2n) is 6.78. The Hall–Kier alpha value is -2.16. The van der Waals surface area contributed by atoms with Crippen LogP contribution >= 0.6 is 11.6 Å². The molecular formula is C20H22ClFN2O4S. The molecule has 0 unspecified atom stereocenters. The molecule has 1 amide bonds. The van der Waals surface area contributed by atoms with Gasteiger partial charge in [-0.25, -0.2) is 12.8 Å². The third-order valence-corrected chi connectivity index (χ3v) is 7.18. The van der Waals surface area contributed by atoms with E-state index >= 15 is 0 Å². The van der Waals surface area contributed by atoms with Gasteiger partial charge in [0.25, 0.3) is 0 Å². The Morgan fingerprint density at radius 1 is 1.24 bits per heavy atom. The number of methoxy groups -OCH3 is 1. The number of halogens is 2. The average Bonchev–Trinajstić information content (AvgIpc) is 2.74. The lowest BCUT2D eigenvalue weighted by Gasteiger charge is -2.30. The summed E-state index contributed by atoms with van der Waals surface area (Å²) in [4.78, 5) is 12.4. The summed E-state index contributed by atoms with van der Waals surface area (Å²) in [6.45, 7) is 0.767. The summed E-state index contributed by atoms with van der Waals surface area (Å²) in [6.07, 6.45) is 0.817. The number of piperidine rings is 1. The van der Waals surface area contributed by atoms with Gasteiger partial charge in [0.05, 0.1) is 17.0 Å². The minimum atomic E-state index is -3.78. The molecule has 2 aromatic carbocycles. The maximum absolute atomic E-state index is 13.3. The number of hydrogen-bond acceptors (Lipinski definition) is 4. The van der Waals surface area contributed by atoms with Crippen molar-refractivity contribution < 1.29 is 22.3 Å². The van der Waals surface area contributed by atoms with Crippen molar-refractivity contribution in [3.8, 4) is 5.75 Å². The van der Waals surface area contributed by atoms with Gasteiger partial charge in [0.2, 0.25) is 15.9 Å². The monoisotopic (exact) mass is 440 g/mol.